The Kier molecular flexibility index (Phi) is 3.33. The zero-order chi connectivity index (χ0) is 14.4. The Balaban J connectivity index is 2.29. The van der Waals surface area contributed by atoms with Crippen LogP contribution in [-0.4, -0.2) is 27.6 Å². The van der Waals surface area contributed by atoms with E-state index in [0.29, 0.717) is 12.8 Å². The molecule has 0 bridgehead atoms. The third kappa shape index (κ3) is 2.02. The highest BCUT2D eigenvalue weighted by Gasteiger charge is 2.60. The Morgan fingerprint density at radius 1 is 1.26 bits per heavy atom. The topological polar surface area (TPSA) is 74.6 Å². The van der Waals surface area contributed by atoms with Crippen molar-refractivity contribution in [2.75, 3.05) is 0 Å². The van der Waals surface area contributed by atoms with Crippen LogP contribution in [0.2, 0.25) is 0 Å². The molecule has 2 N–H and O–H groups in total. The molecule has 2 fully saturated rings. The van der Waals surface area contributed by atoms with E-state index in [4.69, 9.17) is 5.11 Å². The second-order valence-electron chi connectivity index (χ2n) is 6.46. The molecular formula is C15H22O4. The lowest BCUT2D eigenvalue weighted by molar-refractivity contribution is -0.148. The summed E-state index contributed by atoms with van der Waals surface area (Å²) in [6.45, 7) is 7.16. The average Bonchev–Trinajstić information content (AvgIpc) is 2.59. The number of carboxylic acid groups (broad SMARTS) is 1. The van der Waals surface area contributed by atoms with Crippen molar-refractivity contribution in [3.63, 3.8) is 0 Å². The molecule has 2 aliphatic rings. The molecule has 0 saturated heterocycles. The van der Waals surface area contributed by atoms with Crippen molar-refractivity contribution in [1.29, 1.82) is 0 Å². The van der Waals surface area contributed by atoms with Gasteiger partial charge in [0.25, 0.3) is 0 Å². The van der Waals surface area contributed by atoms with E-state index in [9.17, 15) is 14.7 Å². The lowest BCUT2D eigenvalue weighted by Gasteiger charge is -2.49. The monoisotopic (exact) mass is 266 g/mol. The Morgan fingerprint density at radius 3 is 2.37 bits per heavy atom. The first-order valence-corrected chi connectivity index (χ1v) is 6.86. The van der Waals surface area contributed by atoms with Crippen LogP contribution in [-0.2, 0) is 9.59 Å². The number of hydrogen-bond donors (Lipinski definition) is 2. The van der Waals surface area contributed by atoms with Crippen molar-refractivity contribution in [1.82, 2.24) is 0 Å². The molecule has 4 atom stereocenters. The van der Waals surface area contributed by atoms with Gasteiger partial charge in [-0.25, -0.2) is 4.79 Å². The van der Waals surface area contributed by atoms with E-state index in [0.717, 1.165) is 19.3 Å². The second kappa shape index (κ2) is 4.44. The molecule has 4 nitrogen and oxygen atoms in total. The Bertz CT molecular complexity index is 441. The van der Waals surface area contributed by atoms with Crippen molar-refractivity contribution in [3.05, 3.63) is 12.2 Å². The van der Waals surface area contributed by atoms with Gasteiger partial charge in [0.15, 0.2) is 0 Å². The summed E-state index contributed by atoms with van der Waals surface area (Å²) in [7, 11) is 0. The number of hydrogen-bond acceptors (Lipinski definition) is 3. The molecule has 0 aliphatic heterocycles. The van der Waals surface area contributed by atoms with Gasteiger partial charge in [0, 0.05) is 11.5 Å². The van der Waals surface area contributed by atoms with Crippen molar-refractivity contribution in [2.45, 2.75) is 51.6 Å². The van der Waals surface area contributed by atoms with Crippen LogP contribution < -0.4 is 0 Å². The Hall–Kier alpha value is -1.16. The van der Waals surface area contributed by atoms with Crippen LogP contribution in [0.4, 0.5) is 0 Å². The van der Waals surface area contributed by atoms with Gasteiger partial charge >= 0.3 is 5.97 Å². The zero-order valence-electron chi connectivity index (χ0n) is 11.6. The predicted octanol–water partition coefficient (Wildman–Crippen LogP) is 2.16. The number of carbonyl (C=O) groups is 2. The fourth-order valence-corrected chi connectivity index (χ4v) is 4.05. The standard InChI is InChI=1S/C15H22O4/c1-9(13(17)18)11-4-6-14(3)7-5-12(10(2)16)15(14,19)8-11/h11-12,19H,1,4-8H2,2-3H3,(H,17,18)/t11-,12-,14-,15-/m0/s1. The van der Waals surface area contributed by atoms with Crippen LogP contribution in [0.15, 0.2) is 12.2 Å². The van der Waals surface area contributed by atoms with Gasteiger partial charge in [0.05, 0.1) is 5.60 Å². The SMILES string of the molecule is C=C(C(=O)O)[C@H]1CC[C@@]2(C)CC[C@@H](C(C)=O)[C@@]2(O)C1. The highest BCUT2D eigenvalue weighted by molar-refractivity contribution is 5.86. The first kappa shape index (κ1) is 14.3. The maximum atomic E-state index is 11.8. The quantitative estimate of drug-likeness (QED) is 0.768. The molecule has 0 spiro atoms. The number of fused-ring (bicyclic) bond motifs is 1. The Morgan fingerprint density at radius 2 is 1.84 bits per heavy atom. The van der Waals surface area contributed by atoms with Crippen LogP contribution in [0.3, 0.4) is 0 Å². The third-order valence-corrected chi connectivity index (χ3v) is 5.47. The minimum atomic E-state index is -1.07. The van der Waals surface area contributed by atoms with Crippen molar-refractivity contribution >= 4 is 11.8 Å². The maximum absolute atomic E-state index is 11.8. The van der Waals surface area contributed by atoms with Gasteiger partial charge in [0.1, 0.15) is 5.78 Å². The fraction of sp³-hybridized carbons (Fsp3) is 0.733. The summed E-state index contributed by atoms with van der Waals surface area (Å²) in [4.78, 5) is 22.8. The van der Waals surface area contributed by atoms with Gasteiger partial charge in [-0.15, -0.1) is 0 Å². The van der Waals surface area contributed by atoms with Gasteiger partial charge in [-0.2, -0.15) is 0 Å². The highest BCUT2D eigenvalue weighted by Crippen LogP contribution is 2.59. The van der Waals surface area contributed by atoms with Crippen LogP contribution in [0.5, 0.6) is 0 Å². The summed E-state index contributed by atoms with van der Waals surface area (Å²) in [6, 6.07) is 0. The number of carboxylic acids is 1. The smallest absolute Gasteiger partial charge is 0.331 e. The lowest BCUT2D eigenvalue weighted by Crippen LogP contribution is -2.53. The molecule has 0 aromatic carbocycles. The van der Waals surface area contributed by atoms with Crippen LogP contribution in [0.1, 0.15) is 46.0 Å². The number of ketones is 1. The molecule has 0 unspecified atom stereocenters. The minimum Gasteiger partial charge on any atom is -0.478 e. The van der Waals surface area contributed by atoms with Gasteiger partial charge in [-0.1, -0.05) is 13.5 Å². The molecule has 0 heterocycles. The second-order valence-corrected chi connectivity index (χ2v) is 6.46. The van der Waals surface area contributed by atoms with Gasteiger partial charge in [0.2, 0.25) is 0 Å². The molecule has 0 aromatic rings. The van der Waals surface area contributed by atoms with Crippen molar-refractivity contribution in [3.8, 4) is 0 Å². The van der Waals surface area contributed by atoms with E-state index in [-0.39, 0.29) is 28.6 Å². The first-order valence-electron chi connectivity index (χ1n) is 6.86. The Labute approximate surface area is 113 Å². The van der Waals surface area contributed by atoms with Crippen molar-refractivity contribution in [2.24, 2.45) is 17.3 Å². The van der Waals surface area contributed by atoms with Crippen molar-refractivity contribution < 1.29 is 19.8 Å². The number of carbonyl (C=O) groups excluding carboxylic acids is 1. The van der Waals surface area contributed by atoms with E-state index in [1.54, 1.807) is 0 Å². The van der Waals surface area contributed by atoms with E-state index in [1.165, 1.54) is 6.92 Å². The summed E-state index contributed by atoms with van der Waals surface area (Å²) in [6.07, 6.45) is 3.37. The van der Waals surface area contributed by atoms with E-state index in [1.807, 2.05) is 6.92 Å². The maximum Gasteiger partial charge on any atom is 0.331 e. The first-order chi connectivity index (χ1) is 8.71. The third-order valence-electron chi connectivity index (χ3n) is 5.47. The highest BCUT2D eigenvalue weighted by atomic mass is 16.4. The largest absolute Gasteiger partial charge is 0.478 e. The average molecular weight is 266 g/mol. The number of Topliss-reactive ketones (excluding diaryl/α,β-unsaturated/α-hetero) is 1. The zero-order valence-corrected chi connectivity index (χ0v) is 11.6. The van der Waals surface area contributed by atoms with Crippen LogP contribution in [0, 0.1) is 17.3 Å². The summed E-state index contributed by atoms with van der Waals surface area (Å²) < 4.78 is 0. The molecule has 2 rings (SSSR count). The van der Waals surface area contributed by atoms with Gasteiger partial charge in [-0.05, 0) is 50.4 Å². The van der Waals surface area contributed by atoms with Crippen LogP contribution >= 0.6 is 0 Å². The van der Waals surface area contributed by atoms with E-state index in [2.05, 4.69) is 6.58 Å². The molecule has 0 radical (unpaired) electrons. The molecule has 106 valence electrons. The molecule has 19 heavy (non-hydrogen) atoms. The molecular weight excluding hydrogens is 244 g/mol. The summed E-state index contributed by atoms with van der Waals surface area (Å²) >= 11 is 0. The van der Waals surface area contributed by atoms with Crippen LogP contribution in [0.25, 0.3) is 0 Å². The number of aliphatic carboxylic acids is 1. The van der Waals surface area contributed by atoms with Gasteiger partial charge in [-0.3, -0.25) is 4.79 Å². The number of rotatable bonds is 3. The molecule has 4 heteroatoms. The fourth-order valence-electron chi connectivity index (χ4n) is 4.05. The lowest BCUT2D eigenvalue weighted by atomic mass is 9.59. The molecule has 2 saturated carbocycles. The summed E-state index contributed by atoms with van der Waals surface area (Å²) in [5.41, 5.74) is -1.18. The van der Waals surface area contributed by atoms with E-state index < -0.39 is 11.6 Å². The number of aliphatic hydroxyl groups is 1. The molecule has 0 aromatic heterocycles. The summed E-state index contributed by atoms with van der Waals surface area (Å²) in [5, 5.41) is 20.1. The summed E-state index contributed by atoms with van der Waals surface area (Å²) in [5.74, 6) is -1.58. The normalized spacial score (nSPS) is 41.6. The predicted molar refractivity (Wildman–Crippen MR) is 70.6 cm³/mol. The minimum absolute atomic E-state index is 0.00723. The van der Waals surface area contributed by atoms with E-state index >= 15 is 0 Å². The van der Waals surface area contributed by atoms with Gasteiger partial charge < -0.3 is 10.2 Å². The molecule has 2 aliphatic carbocycles. The molecule has 0 amide bonds.